The number of benzene rings is 2. The van der Waals surface area contributed by atoms with E-state index in [-0.39, 0.29) is 18.1 Å². The minimum atomic E-state index is -0.245. The Morgan fingerprint density at radius 2 is 1.75 bits per heavy atom. The van der Waals surface area contributed by atoms with Gasteiger partial charge in [0.2, 0.25) is 5.95 Å². The van der Waals surface area contributed by atoms with Crippen LogP contribution in [0.5, 0.6) is 0 Å². The van der Waals surface area contributed by atoms with Gasteiger partial charge in [0.25, 0.3) is 11.5 Å². The molecule has 4 rings (SSSR count). The van der Waals surface area contributed by atoms with Crippen LogP contribution in [0.4, 0.5) is 5.95 Å². The summed E-state index contributed by atoms with van der Waals surface area (Å²) in [5.74, 6) is 0.139. The molecule has 1 amide bonds. The van der Waals surface area contributed by atoms with Gasteiger partial charge < -0.3 is 15.7 Å². The summed E-state index contributed by atoms with van der Waals surface area (Å²) in [6.07, 6.45) is 0. The highest BCUT2D eigenvalue weighted by Crippen LogP contribution is 2.19. The van der Waals surface area contributed by atoms with Gasteiger partial charge in [0, 0.05) is 30.1 Å². The maximum atomic E-state index is 12.7. The smallest absolute Gasteiger partial charge is 0.256 e. The van der Waals surface area contributed by atoms with Gasteiger partial charge in [-0.25, -0.2) is 4.98 Å². The van der Waals surface area contributed by atoms with Crippen LogP contribution in [0.3, 0.4) is 0 Å². The van der Waals surface area contributed by atoms with Crippen LogP contribution in [0.15, 0.2) is 71.5 Å². The fraction of sp³-hybridized carbons (Fsp3) is 0.167. The molecule has 0 unspecified atom stereocenters. The lowest BCUT2D eigenvalue weighted by atomic mass is 10.1. The van der Waals surface area contributed by atoms with Crippen LogP contribution >= 0.6 is 0 Å². The molecule has 0 radical (unpaired) electrons. The number of aliphatic hydroxyl groups excluding tert-OH is 1. The first-order valence-corrected chi connectivity index (χ1v) is 10.2. The number of hydrogen-bond acceptors (Lipinski definition) is 6. The standard InChI is InChI=1S/C24H23N5O3/c1-16-20-11-12-21(31)29(22(20)28-24(27-16)25-13-14-30)19-9-7-18(8-10-19)23(32)26-15-17-5-3-2-4-6-17/h2-12,30H,13-15H2,1H3,(H,26,32)(H,25,27,28). The molecule has 3 N–H and O–H groups in total. The molecule has 0 bridgehead atoms. The minimum absolute atomic E-state index is 0.0597. The summed E-state index contributed by atoms with van der Waals surface area (Å²) in [7, 11) is 0. The molecule has 2 aromatic carbocycles. The maximum Gasteiger partial charge on any atom is 0.256 e. The van der Waals surface area contributed by atoms with E-state index in [4.69, 9.17) is 5.11 Å². The number of fused-ring (bicyclic) bond motifs is 1. The van der Waals surface area contributed by atoms with E-state index in [1.165, 1.54) is 10.6 Å². The largest absolute Gasteiger partial charge is 0.395 e. The molecule has 0 saturated heterocycles. The van der Waals surface area contributed by atoms with Crippen molar-refractivity contribution in [3.63, 3.8) is 0 Å². The summed E-state index contributed by atoms with van der Waals surface area (Å²) < 4.78 is 1.49. The number of aryl methyl sites for hydroxylation is 1. The quantitative estimate of drug-likeness (QED) is 0.416. The van der Waals surface area contributed by atoms with Crippen LogP contribution in [0, 0.1) is 6.92 Å². The van der Waals surface area contributed by atoms with Crippen molar-refractivity contribution >= 4 is 22.9 Å². The normalized spacial score (nSPS) is 10.8. The zero-order chi connectivity index (χ0) is 22.5. The Bertz CT molecular complexity index is 1300. The average Bonchev–Trinajstić information content (AvgIpc) is 2.82. The summed E-state index contributed by atoms with van der Waals surface area (Å²) in [5.41, 5.74) is 3.01. The van der Waals surface area contributed by atoms with Crippen molar-refractivity contribution < 1.29 is 9.90 Å². The van der Waals surface area contributed by atoms with Crippen molar-refractivity contribution in [2.24, 2.45) is 0 Å². The van der Waals surface area contributed by atoms with Crippen LogP contribution in [0.25, 0.3) is 16.7 Å². The second kappa shape index (κ2) is 9.40. The second-order valence-electron chi connectivity index (χ2n) is 7.24. The monoisotopic (exact) mass is 429 g/mol. The zero-order valence-corrected chi connectivity index (χ0v) is 17.6. The number of pyridine rings is 1. The van der Waals surface area contributed by atoms with E-state index < -0.39 is 0 Å². The number of carbonyl (C=O) groups is 1. The first-order valence-electron chi connectivity index (χ1n) is 10.2. The molecule has 0 aliphatic heterocycles. The number of rotatable bonds is 7. The molecule has 2 aromatic heterocycles. The van der Waals surface area contributed by atoms with Crippen LogP contribution < -0.4 is 16.2 Å². The van der Waals surface area contributed by atoms with Crippen molar-refractivity contribution in [3.05, 3.63) is 93.9 Å². The Morgan fingerprint density at radius 3 is 2.47 bits per heavy atom. The lowest BCUT2D eigenvalue weighted by Gasteiger charge is -2.13. The van der Waals surface area contributed by atoms with Crippen LogP contribution in [-0.4, -0.2) is 38.7 Å². The highest BCUT2D eigenvalue weighted by Gasteiger charge is 2.13. The zero-order valence-electron chi connectivity index (χ0n) is 17.6. The van der Waals surface area contributed by atoms with Crippen LogP contribution in [0.2, 0.25) is 0 Å². The minimum Gasteiger partial charge on any atom is -0.395 e. The van der Waals surface area contributed by atoms with Gasteiger partial charge in [-0.15, -0.1) is 0 Å². The van der Waals surface area contributed by atoms with E-state index in [9.17, 15) is 9.59 Å². The lowest BCUT2D eigenvalue weighted by Crippen LogP contribution is -2.23. The summed E-state index contributed by atoms with van der Waals surface area (Å²) >= 11 is 0. The molecule has 32 heavy (non-hydrogen) atoms. The number of hydrogen-bond donors (Lipinski definition) is 3. The third kappa shape index (κ3) is 4.50. The molecule has 8 heteroatoms. The van der Waals surface area contributed by atoms with E-state index in [2.05, 4.69) is 20.6 Å². The van der Waals surface area contributed by atoms with E-state index in [1.54, 1.807) is 30.3 Å². The molecule has 0 aliphatic carbocycles. The maximum absolute atomic E-state index is 12.7. The summed E-state index contributed by atoms with van der Waals surface area (Å²) in [5, 5.41) is 15.6. The van der Waals surface area contributed by atoms with Gasteiger partial charge in [-0.2, -0.15) is 4.98 Å². The van der Waals surface area contributed by atoms with Crippen molar-refractivity contribution in [1.82, 2.24) is 19.9 Å². The number of nitrogens with zero attached hydrogens (tertiary/aromatic N) is 3. The Balaban J connectivity index is 1.64. The van der Waals surface area contributed by atoms with E-state index >= 15 is 0 Å². The molecule has 0 atom stereocenters. The Labute approximate surface area is 184 Å². The molecule has 0 fully saturated rings. The SMILES string of the molecule is Cc1nc(NCCO)nc2c1ccc(=O)n2-c1ccc(C(=O)NCc2ccccc2)cc1. The predicted octanol–water partition coefficient (Wildman–Crippen LogP) is 2.42. The highest BCUT2D eigenvalue weighted by molar-refractivity contribution is 5.94. The Morgan fingerprint density at radius 1 is 1.00 bits per heavy atom. The fourth-order valence-corrected chi connectivity index (χ4v) is 3.40. The topological polar surface area (TPSA) is 109 Å². The Hall–Kier alpha value is -4.04. The van der Waals surface area contributed by atoms with Gasteiger partial charge in [0.15, 0.2) is 5.65 Å². The molecule has 0 saturated carbocycles. The first-order chi connectivity index (χ1) is 15.6. The van der Waals surface area contributed by atoms with Gasteiger partial charge >= 0.3 is 0 Å². The number of aromatic nitrogens is 3. The summed E-state index contributed by atoms with van der Waals surface area (Å²) in [6.45, 7) is 2.51. The lowest BCUT2D eigenvalue weighted by molar-refractivity contribution is 0.0951. The molecule has 2 heterocycles. The number of anilines is 1. The van der Waals surface area contributed by atoms with Gasteiger partial charge in [-0.3, -0.25) is 14.2 Å². The predicted molar refractivity (Wildman–Crippen MR) is 123 cm³/mol. The molecular formula is C24H23N5O3. The number of aliphatic hydroxyl groups is 1. The molecule has 8 nitrogen and oxygen atoms in total. The first kappa shape index (κ1) is 21.2. The molecule has 162 valence electrons. The van der Waals surface area contributed by atoms with Crippen molar-refractivity contribution in [3.8, 4) is 5.69 Å². The van der Waals surface area contributed by atoms with E-state index in [1.807, 2.05) is 37.3 Å². The summed E-state index contributed by atoms with van der Waals surface area (Å²) in [6, 6.07) is 19.6. The fourth-order valence-electron chi connectivity index (χ4n) is 3.40. The third-order valence-corrected chi connectivity index (χ3v) is 5.02. The number of amides is 1. The molecule has 4 aromatic rings. The van der Waals surface area contributed by atoms with Gasteiger partial charge in [-0.1, -0.05) is 30.3 Å². The van der Waals surface area contributed by atoms with Gasteiger partial charge in [-0.05, 0) is 42.8 Å². The average molecular weight is 429 g/mol. The highest BCUT2D eigenvalue weighted by atomic mass is 16.3. The van der Waals surface area contributed by atoms with Crippen molar-refractivity contribution in [2.75, 3.05) is 18.5 Å². The molecular weight excluding hydrogens is 406 g/mol. The second-order valence-corrected chi connectivity index (χ2v) is 7.24. The summed E-state index contributed by atoms with van der Waals surface area (Å²) in [4.78, 5) is 34.1. The van der Waals surface area contributed by atoms with Gasteiger partial charge in [0.05, 0.1) is 18.0 Å². The van der Waals surface area contributed by atoms with Gasteiger partial charge in [0.1, 0.15) is 0 Å². The van der Waals surface area contributed by atoms with Crippen molar-refractivity contribution in [1.29, 1.82) is 0 Å². The number of nitrogens with one attached hydrogen (secondary N) is 2. The van der Waals surface area contributed by atoms with Crippen LogP contribution in [0.1, 0.15) is 21.6 Å². The van der Waals surface area contributed by atoms with Crippen molar-refractivity contribution in [2.45, 2.75) is 13.5 Å². The van der Waals surface area contributed by atoms with E-state index in [0.29, 0.717) is 41.6 Å². The van der Waals surface area contributed by atoms with Crippen LogP contribution in [-0.2, 0) is 6.54 Å². The number of carbonyl (C=O) groups excluding carboxylic acids is 1. The third-order valence-electron chi connectivity index (χ3n) is 5.02. The van der Waals surface area contributed by atoms with E-state index in [0.717, 1.165) is 10.9 Å². The molecule has 0 spiro atoms. The molecule has 0 aliphatic rings. The Kier molecular flexibility index (Phi) is 6.23.